The summed E-state index contributed by atoms with van der Waals surface area (Å²) in [6.45, 7) is 6.72. The molecule has 0 aliphatic carbocycles. The molecule has 0 atom stereocenters. The smallest absolute Gasteiger partial charge is 0.0311 e. The van der Waals surface area contributed by atoms with Crippen LogP contribution in [0.3, 0.4) is 0 Å². The zero-order valence-electron chi connectivity index (χ0n) is 12.3. The zero-order valence-corrected chi connectivity index (χ0v) is 12.3. The SMILES string of the molecule is CCC=C(/C=C/CCCCCCCCC)CC. The molecule has 0 bridgehead atoms. The average molecular weight is 236 g/mol. The molecule has 0 aromatic rings. The second kappa shape index (κ2) is 13.5. The summed E-state index contributed by atoms with van der Waals surface area (Å²) in [4.78, 5) is 0. The van der Waals surface area contributed by atoms with E-state index in [2.05, 4.69) is 39.0 Å². The summed E-state index contributed by atoms with van der Waals surface area (Å²) in [6.07, 6.45) is 20.4. The van der Waals surface area contributed by atoms with E-state index in [1.807, 2.05) is 0 Å². The van der Waals surface area contributed by atoms with Gasteiger partial charge in [0.1, 0.15) is 0 Å². The topological polar surface area (TPSA) is 0 Å². The van der Waals surface area contributed by atoms with Gasteiger partial charge >= 0.3 is 0 Å². The van der Waals surface area contributed by atoms with Gasteiger partial charge in [-0.2, -0.15) is 0 Å². The van der Waals surface area contributed by atoms with Crippen LogP contribution in [-0.2, 0) is 0 Å². The predicted octanol–water partition coefficient (Wildman–Crippen LogP) is 6.43. The molecule has 0 heteroatoms. The highest BCUT2D eigenvalue weighted by molar-refractivity contribution is 5.17. The van der Waals surface area contributed by atoms with E-state index in [0.29, 0.717) is 0 Å². The summed E-state index contributed by atoms with van der Waals surface area (Å²) in [5.74, 6) is 0. The van der Waals surface area contributed by atoms with Crippen LogP contribution in [-0.4, -0.2) is 0 Å². The van der Waals surface area contributed by atoms with Crippen molar-refractivity contribution in [2.24, 2.45) is 0 Å². The molecule has 0 saturated heterocycles. The molecule has 0 unspecified atom stereocenters. The maximum Gasteiger partial charge on any atom is -0.0311 e. The van der Waals surface area contributed by atoms with E-state index in [1.165, 1.54) is 63.4 Å². The van der Waals surface area contributed by atoms with Gasteiger partial charge in [-0.25, -0.2) is 0 Å². The maximum absolute atomic E-state index is 2.36. The van der Waals surface area contributed by atoms with Gasteiger partial charge in [0.05, 0.1) is 0 Å². The molecule has 0 fully saturated rings. The quantitative estimate of drug-likeness (QED) is 0.286. The molecule has 0 aliphatic heterocycles. The van der Waals surface area contributed by atoms with Crippen molar-refractivity contribution in [3.8, 4) is 0 Å². The molecule has 0 N–H and O–H groups in total. The number of hydrogen-bond acceptors (Lipinski definition) is 0. The second-order valence-corrected chi connectivity index (χ2v) is 4.85. The third-order valence-corrected chi connectivity index (χ3v) is 3.18. The van der Waals surface area contributed by atoms with Crippen LogP contribution >= 0.6 is 0 Å². The molecule has 0 nitrogen and oxygen atoms in total. The molecule has 17 heavy (non-hydrogen) atoms. The molecule has 0 spiro atoms. The summed E-state index contributed by atoms with van der Waals surface area (Å²) in [6, 6.07) is 0. The van der Waals surface area contributed by atoms with Gasteiger partial charge in [0.15, 0.2) is 0 Å². The lowest BCUT2D eigenvalue weighted by molar-refractivity contribution is 0.592. The lowest BCUT2D eigenvalue weighted by Crippen LogP contribution is -1.79. The van der Waals surface area contributed by atoms with Gasteiger partial charge in [-0.1, -0.05) is 83.1 Å². The molecule has 0 saturated carbocycles. The van der Waals surface area contributed by atoms with Gasteiger partial charge in [-0.3, -0.25) is 0 Å². The Balaban J connectivity index is 3.38. The maximum atomic E-state index is 2.36. The molecule has 0 aromatic heterocycles. The molecule has 0 aromatic carbocycles. The molecule has 0 aliphatic rings. The lowest BCUT2D eigenvalue weighted by Gasteiger charge is -1.99. The first-order chi connectivity index (χ1) is 8.35. The van der Waals surface area contributed by atoms with Gasteiger partial charge < -0.3 is 0 Å². The van der Waals surface area contributed by atoms with Crippen LogP contribution in [0, 0.1) is 0 Å². The highest BCUT2D eigenvalue weighted by atomic mass is 14.0. The van der Waals surface area contributed by atoms with E-state index in [0.717, 1.165) is 6.42 Å². The Bertz CT molecular complexity index is 198. The summed E-state index contributed by atoms with van der Waals surface area (Å²) in [5.41, 5.74) is 1.50. The van der Waals surface area contributed by atoms with Gasteiger partial charge in [-0.05, 0) is 25.7 Å². The Kier molecular flexibility index (Phi) is 13.1. The summed E-state index contributed by atoms with van der Waals surface area (Å²) >= 11 is 0. The van der Waals surface area contributed by atoms with Gasteiger partial charge in [0.2, 0.25) is 0 Å². The fraction of sp³-hybridized carbons (Fsp3) is 0.765. The van der Waals surface area contributed by atoms with E-state index in [1.54, 1.807) is 0 Å². The Morgan fingerprint density at radius 1 is 0.824 bits per heavy atom. The van der Waals surface area contributed by atoms with E-state index in [4.69, 9.17) is 0 Å². The van der Waals surface area contributed by atoms with Crippen molar-refractivity contribution in [1.29, 1.82) is 0 Å². The van der Waals surface area contributed by atoms with Crippen molar-refractivity contribution in [1.82, 2.24) is 0 Å². The first-order valence-corrected chi connectivity index (χ1v) is 7.70. The van der Waals surface area contributed by atoms with E-state index >= 15 is 0 Å². The third-order valence-electron chi connectivity index (χ3n) is 3.18. The minimum atomic E-state index is 1.16. The van der Waals surface area contributed by atoms with E-state index in [9.17, 15) is 0 Å². The standard InChI is InChI=1S/C17H32/c1-4-7-8-9-10-11-12-13-14-16-17(6-3)15-5-2/h14-16H,4-13H2,1-3H3/b16-14+,17-15?. The highest BCUT2D eigenvalue weighted by Crippen LogP contribution is 2.10. The van der Waals surface area contributed by atoms with Crippen LogP contribution in [0.1, 0.15) is 85.0 Å². The molecule has 0 heterocycles. The summed E-state index contributed by atoms with van der Waals surface area (Å²) in [5, 5.41) is 0. The Morgan fingerprint density at radius 2 is 1.47 bits per heavy atom. The normalized spacial score (nSPS) is 12.5. The van der Waals surface area contributed by atoms with Crippen LogP contribution in [0.15, 0.2) is 23.8 Å². The summed E-state index contributed by atoms with van der Waals surface area (Å²) in [7, 11) is 0. The number of rotatable bonds is 11. The van der Waals surface area contributed by atoms with Crippen molar-refractivity contribution in [3.05, 3.63) is 23.8 Å². The van der Waals surface area contributed by atoms with Crippen molar-refractivity contribution in [2.75, 3.05) is 0 Å². The minimum absolute atomic E-state index is 1.16. The summed E-state index contributed by atoms with van der Waals surface area (Å²) < 4.78 is 0. The molecular formula is C17H32. The van der Waals surface area contributed by atoms with E-state index < -0.39 is 0 Å². The fourth-order valence-electron chi connectivity index (χ4n) is 2.05. The molecule has 0 radical (unpaired) electrons. The predicted molar refractivity (Wildman–Crippen MR) is 80.4 cm³/mol. The molecule has 0 amide bonds. The Morgan fingerprint density at radius 3 is 2.06 bits per heavy atom. The van der Waals surface area contributed by atoms with Gasteiger partial charge in [0, 0.05) is 0 Å². The fourth-order valence-corrected chi connectivity index (χ4v) is 2.05. The first-order valence-electron chi connectivity index (χ1n) is 7.70. The van der Waals surface area contributed by atoms with Crippen LogP contribution in [0.4, 0.5) is 0 Å². The number of allylic oxidation sites excluding steroid dienone is 4. The van der Waals surface area contributed by atoms with Gasteiger partial charge in [0.25, 0.3) is 0 Å². The first kappa shape index (κ1) is 16.5. The van der Waals surface area contributed by atoms with Crippen molar-refractivity contribution in [2.45, 2.75) is 85.0 Å². The minimum Gasteiger partial charge on any atom is -0.0843 e. The largest absolute Gasteiger partial charge is 0.0843 e. The van der Waals surface area contributed by atoms with Crippen LogP contribution in [0.5, 0.6) is 0 Å². The molecular weight excluding hydrogens is 204 g/mol. The van der Waals surface area contributed by atoms with Gasteiger partial charge in [-0.15, -0.1) is 0 Å². The Labute approximate surface area is 109 Å². The van der Waals surface area contributed by atoms with Crippen LogP contribution in [0.2, 0.25) is 0 Å². The molecule has 0 rings (SSSR count). The third kappa shape index (κ3) is 11.7. The monoisotopic (exact) mass is 236 g/mol. The lowest BCUT2D eigenvalue weighted by atomic mass is 10.1. The second-order valence-electron chi connectivity index (χ2n) is 4.85. The van der Waals surface area contributed by atoms with Crippen molar-refractivity contribution >= 4 is 0 Å². The van der Waals surface area contributed by atoms with Crippen molar-refractivity contribution in [3.63, 3.8) is 0 Å². The highest BCUT2D eigenvalue weighted by Gasteiger charge is 1.90. The van der Waals surface area contributed by atoms with Crippen molar-refractivity contribution < 1.29 is 0 Å². The number of hydrogen-bond donors (Lipinski definition) is 0. The number of unbranched alkanes of at least 4 members (excludes halogenated alkanes) is 7. The van der Waals surface area contributed by atoms with Crippen LogP contribution < -0.4 is 0 Å². The Hall–Kier alpha value is -0.520. The van der Waals surface area contributed by atoms with E-state index in [-0.39, 0.29) is 0 Å². The van der Waals surface area contributed by atoms with Crippen LogP contribution in [0.25, 0.3) is 0 Å². The average Bonchev–Trinajstić information content (AvgIpc) is 2.35. The zero-order chi connectivity index (χ0) is 12.8. The molecule has 100 valence electrons.